The third-order valence-corrected chi connectivity index (χ3v) is 3.73. The van der Waals surface area contributed by atoms with Gasteiger partial charge in [0.15, 0.2) is 0 Å². The summed E-state index contributed by atoms with van der Waals surface area (Å²) in [5, 5.41) is 9.07. The summed E-state index contributed by atoms with van der Waals surface area (Å²) >= 11 is 0. The van der Waals surface area contributed by atoms with Crippen LogP contribution in [0, 0.1) is 11.3 Å². The fourth-order valence-corrected chi connectivity index (χ4v) is 2.84. The third-order valence-electron chi connectivity index (χ3n) is 3.73. The molecule has 0 aliphatic heterocycles. The Bertz CT molecular complexity index is 156. The molecule has 1 aliphatic rings. The number of nitrogens with two attached hydrogens (primary N) is 1. The normalized spacial score (nSPS) is 36.5. The molecule has 3 atom stereocenters. The van der Waals surface area contributed by atoms with Crippen molar-refractivity contribution in [1.29, 1.82) is 0 Å². The number of rotatable bonds is 4. The standard InChI is InChI=1S/C11H23NO/c1-3-10(12)11(6-7-13)5-4-9(2)8-11/h9-10,13H,3-8,12H2,1-2H3. The molecule has 1 aliphatic carbocycles. The summed E-state index contributed by atoms with van der Waals surface area (Å²) in [6.07, 6.45) is 5.64. The molecular formula is C11H23NO. The Kier molecular flexibility index (Phi) is 3.74. The van der Waals surface area contributed by atoms with Crippen LogP contribution in [0.4, 0.5) is 0 Å². The molecule has 0 bridgehead atoms. The maximum atomic E-state index is 9.07. The van der Waals surface area contributed by atoms with Gasteiger partial charge in [0.1, 0.15) is 0 Å². The monoisotopic (exact) mass is 185 g/mol. The predicted molar refractivity (Wildman–Crippen MR) is 55.4 cm³/mol. The molecule has 13 heavy (non-hydrogen) atoms. The highest BCUT2D eigenvalue weighted by Crippen LogP contribution is 2.46. The fourth-order valence-electron chi connectivity index (χ4n) is 2.84. The molecule has 1 fully saturated rings. The van der Waals surface area contributed by atoms with Crippen molar-refractivity contribution in [2.45, 2.75) is 52.0 Å². The van der Waals surface area contributed by atoms with Gasteiger partial charge in [-0.25, -0.2) is 0 Å². The lowest BCUT2D eigenvalue weighted by Gasteiger charge is -2.34. The van der Waals surface area contributed by atoms with Crippen molar-refractivity contribution < 1.29 is 5.11 Å². The minimum atomic E-state index is 0.253. The second-order valence-corrected chi connectivity index (χ2v) is 4.70. The Morgan fingerprint density at radius 2 is 2.31 bits per heavy atom. The highest BCUT2D eigenvalue weighted by atomic mass is 16.3. The van der Waals surface area contributed by atoms with Crippen LogP contribution in [0.3, 0.4) is 0 Å². The number of hydrogen-bond acceptors (Lipinski definition) is 2. The predicted octanol–water partition coefficient (Wildman–Crippen LogP) is 1.91. The van der Waals surface area contributed by atoms with E-state index in [9.17, 15) is 0 Å². The molecule has 0 spiro atoms. The van der Waals surface area contributed by atoms with Gasteiger partial charge in [0, 0.05) is 12.6 Å². The van der Waals surface area contributed by atoms with E-state index in [4.69, 9.17) is 10.8 Å². The summed E-state index contributed by atoms with van der Waals surface area (Å²) in [5.74, 6) is 0.796. The topological polar surface area (TPSA) is 46.2 Å². The van der Waals surface area contributed by atoms with Crippen LogP contribution in [0.5, 0.6) is 0 Å². The SMILES string of the molecule is CCC(N)C1(CCO)CCC(C)C1. The minimum absolute atomic E-state index is 0.253. The van der Waals surface area contributed by atoms with Crippen LogP contribution in [0.15, 0.2) is 0 Å². The Morgan fingerprint density at radius 3 is 2.69 bits per heavy atom. The van der Waals surface area contributed by atoms with Crippen molar-refractivity contribution in [2.24, 2.45) is 17.1 Å². The van der Waals surface area contributed by atoms with Gasteiger partial charge < -0.3 is 10.8 Å². The molecule has 2 nitrogen and oxygen atoms in total. The first-order valence-electron chi connectivity index (χ1n) is 5.51. The van der Waals surface area contributed by atoms with Gasteiger partial charge in [0.25, 0.3) is 0 Å². The fraction of sp³-hybridized carbons (Fsp3) is 1.00. The van der Waals surface area contributed by atoms with Crippen LogP contribution in [0.1, 0.15) is 46.0 Å². The van der Waals surface area contributed by atoms with E-state index in [0.717, 1.165) is 18.8 Å². The smallest absolute Gasteiger partial charge is 0.0436 e. The maximum absolute atomic E-state index is 9.07. The molecular weight excluding hydrogens is 162 g/mol. The Balaban J connectivity index is 2.64. The summed E-state index contributed by atoms with van der Waals surface area (Å²) in [6, 6.07) is 0.282. The lowest BCUT2D eigenvalue weighted by Crippen LogP contribution is -2.40. The molecule has 0 aromatic heterocycles. The van der Waals surface area contributed by atoms with Crippen LogP contribution in [-0.4, -0.2) is 17.8 Å². The highest BCUT2D eigenvalue weighted by molar-refractivity contribution is 4.94. The van der Waals surface area contributed by atoms with Crippen molar-refractivity contribution >= 4 is 0 Å². The number of aliphatic hydroxyl groups is 1. The van der Waals surface area contributed by atoms with Gasteiger partial charge in [-0.3, -0.25) is 0 Å². The largest absolute Gasteiger partial charge is 0.396 e. The van der Waals surface area contributed by atoms with Crippen LogP contribution in [0.25, 0.3) is 0 Å². The van der Waals surface area contributed by atoms with Crippen molar-refractivity contribution in [2.75, 3.05) is 6.61 Å². The van der Waals surface area contributed by atoms with Crippen LogP contribution < -0.4 is 5.73 Å². The average molecular weight is 185 g/mol. The first-order chi connectivity index (χ1) is 6.14. The summed E-state index contributed by atoms with van der Waals surface area (Å²) < 4.78 is 0. The van der Waals surface area contributed by atoms with Gasteiger partial charge >= 0.3 is 0 Å². The van der Waals surface area contributed by atoms with Crippen molar-refractivity contribution in [1.82, 2.24) is 0 Å². The molecule has 0 aromatic rings. The molecule has 1 saturated carbocycles. The highest BCUT2D eigenvalue weighted by Gasteiger charge is 2.40. The summed E-state index contributed by atoms with van der Waals surface area (Å²) in [4.78, 5) is 0. The zero-order valence-electron chi connectivity index (χ0n) is 8.92. The molecule has 2 heteroatoms. The molecule has 0 radical (unpaired) electrons. The first kappa shape index (κ1) is 11.0. The lowest BCUT2D eigenvalue weighted by molar-refractivity contribution is 0.146. The van der Waals surface area contributed by atoms with Crippen LogP contribution in [0.2, 0.25) is 0 Å². The maximum Gasteiger partial charge on any atom is 0.0436 e. The summed E-state index contributed by atoms with van der Waals surface area (Å²) in [5.41, 5.74) is 6.40. The van der Waals surface area contributed by atoms with E-state index in [0.29, 0.717) is 6.61 Å². The van der Waals surface area contributed by atoms with Gasteiger partial charge in [0.05, 0.1) is 0 Å². The molecule has 0 amide bonds. The van der Waals surface area contributed by atoms with E-state index in [-0.39, 0.29) is 11.5 Å². The van der Waals surface area contributed by atoms with Crippen molar-refractivity contribution in [3.05, 3.63) is 0 Å². The average Bonchev–Trinajstić information content (AvgIpc) is 2.48. The Hall–Kier alpha value is -0.0800. The van der Waals surface area contributed by atoms with Gasteiger partial charge in [0.2, 0.25) is 0 Å². The molecule has 1 rings (SSSR count). The second-order valence-electron chi connectivity index (χ2n) is 4.70. The van der Waals surface area contributed by atoms with E-state index in [2.05, 4.69) is 13.8 Å². The van der Waals surface area contributed by atoms with Crippen LogP contribution in [-0.2, 0) is 0 Å². The van der Waals surface area contributed by atoms with Gasteiger partial charge in [-0.1, -0.05) is 20.3 Å². The van der Waals surface area contributed by atoms with E-state index in [1.54, 1.807) is 0 Å². The summed E-state index contributed by atoms with van der Waals surface area (Å²) in [7, 11) is 0. The summed E-state index contributed by atoms with van der Waals surface area (Å²) in [6.45, 7) is 4.73. The third kappa shape index (κ3) is 2.23. The quantitative estimate of drug-likeness (QED) is 0.703. The molecule has 3 N–H and O–H groups in total. The van der Waals surface area contributed by atoms with Crippen molar-refractivity contribution in [3.63, 3.8) is 0 Å². The van der Waals surface area contributed by atoms with Gasteiger partial charge in [-0.2, -0.15) is 0 Å². The zero-order valence-corrected chi connectivity index (χ0v) is 8.92. The first-order valence-corrected chi connectivity index (χ1v) is 5.51. The van der Waals surface area contributed by atoms with Gasteiger partial charge in [-0.05, 0) is 37.0 Å². The van der Waals surface area contributed by atoms with Gasteiger partial charge in [-0.15, -0.1) is 0 Å². The minimum Gasteiger partial charge on any atom is -0.396 e. The van der Waals surface area contributed by atoms with Crippen LogP contribution >= 0.6 is 0 Å². The van der Waals surface area contributed by atoms with E-state index >= 15 is 0 Å². The van der Waals surface area contributed by atoms with E-state index < -0.39 is 0 Å². The number of hydrogen-bond donors (Lipinski definition) is 2. The Morgan fingerprint density at radius 1 is 1.62 bits per heavy atom. The molecule has 0 aromatic carbocycles. The molecule has 0 heterocycles. The van der Waals surface area contributed by atoms with E-state index in [1.807, 2.05) is 0 Å². The lowest BCUT2D eigenvalue weighted by atomic mass is 9.75. The van der Waals surface area contributed by atoms with E-state index in [1.165, 1.54) is 19.3 Å². The molecule has 78 valence electrons. The number of aliphatic hydroxyl groups excluding tert-OH is 1. The zero-order chi connectivity index (χ0) is 9.90. The Labute approximate surface area is 81.5 Å². The molecule has 0 saturated heterocycles. The van der Waals surface area contributed by atoms with Crippen molar-refractivity contribution in [3.8, 4) is 0 Å². The molecule has 3 unspecified atom stereocenters. The second kappa shape index (κ2) is 4.43.